The Hall–Kier alpha value is 1.57. The monoisotopic (exact) mass is 274 g/mol. The molecule has 0 fully saturated rings. The van der Waals surface area contributed by atoms with Crippen molar-refractivity contribution in [2.45, 2.75) is 5.38 Å². The van der Waals surface area contributed by atoms with E-state index in [-0.39, 0.29) is 40.8 Å². The Kier molecular flexibility index (Phi) is 9.26. The molecule has 1 aliphatic rings. The van der Waals surface area contributed by atoms with Crippen LogP contribution < -0.4 is 12.4 Å². The minimum Gasteiger partial charge on any atom is -1.00 e. The third-order valence-corrected chi connectivity index (χ3v) is 2.60. The van der Waals surface area contributed by atoms with Gasteiger partial charge in [0.25, 0.3) is 0 Å². The summed E-state index contributed by atoms with van der Waals surface area (Å²) in [5, 5.41) is 1.04. The van der Waals surface area contributed by atoms with Crippen LogP contribution in [0.25, 0.3) is 0 Å². The van der Waals surface area contributed by atoms with Crippen LogP contribution in [0.5, 0.6) is 0 Å². The molecule has 0 aromatic heterocycles. The van der Waals surface area contributed by atoms with Crippen LogP contribution in [0.4, 0.5) is 0 Å². The predicted molar refractivity (Wildman–Crippen MR) is 52.4 cm³/mol. The Balaban J connectivity index is 0. The average Bonchev–Trinajstić information content (AvgIpc) is 1.84. The third-order valence-electron chi connectivity index (χ3n) is 1.05. The molecule has 6 heteroatoms. The third kappa shape index (κ3) is 4.18. The quantitative estimate of drug-likeness (QED) is 0.338. The van der Waals surface area contributed by atoms with E-state index in [9.17, 15) is 0 Å². The van der Waals surface area contributed by atoms with Crippen molar-refractivity contribution in [1.82, 2.24) is 0 Å². The molecule has 0 amide bonds. The molecule has 0 nitrogen and oxygen atoms in total. The van der Waals surface area contributed by atoms with Gasteiger partial charge in [-0.2, -0.15) is 6.08 Å². The van der Waals surface area contributed by atoms with Crippen LogP contribution in [0.1, 0.15) is 0 Å². The number of allylic oxidation sites excluding steroid dienone is 4. The van der Waals surface area contributed by atoms with Crippen molar-refractivity contribution in [3.05, 3.63) is 27.6 Å². The molecule has 0 saturated heterocycles. The first-order chi connectivity index (χ1) is 4.61. The summed E-state index contributed by atoms with van der Waals surface area (Å²) in [4.78, 5) is 0. The van der Waals surface area contributed by atoms with Crippen molar-refractivity contribution in [2.75, 3.05) is 0 Å². The van der Waals surface area contributed by atoms with Crippen molar-refractivity contribution >= 4 is 69.5 Å². The van der Waals surface area contributed by atoms with E-state index in [1.54, 1.807) is 12.2 Å². The Morgan fingerprint density at radius 2 is 1.75 bits per heavy atom. The fourth-order valence-electron chi connectivity index (χ4n) is 0.557. The summed E-state index contributed by atoms with van der Waals surface area (Å²) in [5.74, 6) is 0. The normalized spacial score (nSPS) is 21.7. The number of hydrogen-bond donors (Lipinski definition) is 0. The molecule has 0 saturated carbocycles. The summed E-state index contributed by atoms with van der Waals surface area (Å²) < 4.78 is 0. The van der Waals surface area contributed by atoms with Crippen LogP contribution in [0, 0.1) is 5.38 Å². The fourth-order valence-corrected chi connectivity index (χ4v) is 1.40. The van der Waals surface area contributed by atoms with Gasteiger partial charge < -0.3 is 12.4 Å². The molecule has 0 radical (unpaired) electrons. The first kappa shape index (κ1) is 16.0. The van der Waals surface area contributed by atoms with Gasteiger partial charge in [0, 0.05) is 5.38 Å². The standard InChI is InChI=1S/C6H3Cl4.ClH.Mg/c7-3-1-4(8)6(10)2-5(3)9;;/h1-3H;1H;/q-1;;+2/p-1. The zero-order valence-corrected chi connectivity index (χ0v) is 11.0. The Bertz CT molecular complexity index is 178. The van der Waals surface area contributed by atoms with Crippen molar-refractivity contribution in [3.8, 4) is 0 Å². The van der Waals surface area contributed by atoms with Crippen LogP contribution in [0.2, 0.25) is 0 Å². The fraction of sp³-hybridized carbons (Fsp3) is 0.167. The molecule has 0 heterocycles. The average molecular weight is 277 g/mol. The second-order valence-electron chi connectivity index (χ2n) is 1.79. The summed E-state index contributed by atoms with van der Waals surface area (Å²) in [6, 6.07) is 0. The van der Waals surface area contributed by atoms with Crippen LogP contribution in [-0.4, -0.2) is 28.4 Å². The number of hydrogen-bond acceptors (Lipinski definition) is 0. The summed E-state index contributed by atoms with van der Waals surface area (Å²) in [5.41, 5.74) is 0. The Morgan fingerprint density at radius 1 is 1.25 bits per heavy atom. The molecule has 0 aromatic carbocycles. The van der Waals surface area contributed by atoms with Gasteiger partial charge in [-0.05, 0) is 5.03 Å². The van der Waals surface area contributed by atoms with Gasteiger partial charge in [0.05, 0.1) is 0 Å². The topological polar surface area (TPSA) is 0 Å². The zero-order valence-electron chi connectivity index (χ0n) is 5.83. The molecule has 0 aromatic rings. The van der Waals surface area contributed by atoms with Crippen LogP contribution in [0.3, 0.4) is 0 Å². The molecular formula is C6H3Cl5Mg. The van der Waals surface area contributed by atoms with E-state index in [1.807, 2.05) is 0 Å². The first-order valence-corrected chi connectivity index (χ1v) is 4.09. The van der Waals surface area contributed by atoms with Gasteiger partial charge in [0.15, 0.2) is 0 Å². The molecule has 0 bridgehead atoms. The number of alkyl halides is 1. The summed E-state index contributed by atoms with van der Waals surface area (Å²) >= 11 is 22.6. The molecule has 0 aliphatic heterocycles. The maximum Gasteiger partial charge on any atom is 2.00 e. The van der Waals surface area contributed by atoms with Gasteiger partial charge in [-0.1, -0.05) is 11.1 Å². The van der Waals surface area contributed by atoms with Gasteiger partial charge in [0.1, 0.15) is 0 Å². The minimum atomic E-state index is -0.336. The van der Waals surface area contributed by atoms with Gasteiger partial charge in [0.2, 0.25) is 0 Å². The van der Waals surface area contributed by atoms with Gasteiger partial charge in [-0.15, -0.1) is 28.6 Å². The SMILES string of the molecule is ClC1=C[C-](Cl)C(Cl)C=C1Cl.[Cl-].[Mg+2]. The van der Waals surface area contributed by atoms with Crippen LogP contribution in [0.15, 0.2) is 22.2 Å². The molecule has 64 valence electrons. The zero-order chi connectivity index (χ0) is 7.72. The number of rotatable bonds is 0. The van der Waals surface area contributed by atoms with E-state index in [1.165, 1.54) is 0 Å². The van der Waals surface area contributed by atoms with E-state index in [0.29, 0.717) is 15.4 Å². The van der Waals surface area contributed by atoms with Gasteiger partial charge in [-0.25, -0.2) is 23.2 Å². The molecule has 1 unspecified atom stereocenters. The van der Waals surface area contributed by atoms with Crippen molar-refractivity contribution in [3.63, 3.8) is 0 Å². The van der Waals surface area contributed by atoms with Crippen molar-refractivity contribution < 1.29 is 12.4 Å². The molecular weight excluding hydrogens is 274 g/mol. The van der Waals surface area contributed by atoms with E-state index >= 15 is 0 Å². The predicted octanol–water partition coefficient (Wildman–Crippen LogP) is 0.247. The first-order valence-electron chi connectivity index (χ1n) is 2.52. The van der Waals surface area contributed by atoms with Gasteiger partial charge >= 0.3 is 23.1 Å². The van der Waals surface area contributed by atoms with E-state index < -0.39 is 0 Å². The Labute approximate surface area is 114 Å². The minimum absolute atomic E-state index is 0. The van der Waals surface area contributed by atoms with E-state index in [4.69, 9.17) is 46.4 Å². The van der Waals surface area contributed by atoms with E-state index in [0.717, 1.165) is 0 Å². The largest absolute Gasteiger partial charge is 2.00 e. The molecule has 0 spiro atoms. The second kappa shape index (κ2) is 6.94. The molecule has 1 rings (SSSR count). The smallest absolute Gasteiger partial charge is 1.00 e. The Morgan fingerprint density at radius 3 is 2.17 bits per heavy atom. The molecule has 0 N–H and O–H groups in total. The van der Waals surface area contributed by atoms with Gasteiger partial charge in [-0.3, -0.25) is 0 Å². The number of halogens is 5. The molecule has 1 aliphatic carbocycles. The van der Waals surface area contributed by atoms with Crippen LogP contribution in [-0.2, 0) is 0 Å². The summed E-state index contributed by atoms with van der Waals surface area (Å²) in [6.45, 7) is 0. The molecule has 1 atom stereocenters. The van der Waals surface area contributed by atoms with Crippen molar-refractivity contribution in [1.29, 1.82) is 0 Å². The van der Waals surface area contributed by atoms with Crippen molar-refractivity contribution in [2.24, 2.45) is 0 Å². The summed E-state index contributed by atoms with van der Waals surface area (Å²) in [7, 11) is 0. The maximum absolute atomic E-state index is 5.69. The maximum atomic E-state index is 5.69. The molecule has 12 heavy (non-hydrogen) atoms. The van der Waals surface area contributed by atoms with E-state index in [2.05, 4.69) is 0 Å². The van der Waals surface area contributed by atoms with Crippen LogP contribution >= 0.6 is 46.4 Å². The summed E-state index contributed by atoms with van der Waals surface area (Å²) in [6.07, 6.45) is 3.14. The second-order valence-corrected chi connectivity index (χ2v) is 3.51.